The third kappa shape index (κ3) is 3.17. The number of nitrogens with zero attached hydrogens (tertiary/aromatic N) is 4. The summed E-state index contributed by atoms with van der Waals surface area (Å²) in [5.41, 5.74) is 6.41. The van der Waals surface area contributed by atoms with Crippen molar-refractivity contribution in [2.24, 2.45) is 12.8 Å². The quantitative estimate of drug-likeness (QED) is 0.833. The van der Waals surface area contributed by atoms with Crippen LogP contribution in [-0.4, -0.2) is 33.5 Å². The van der Waals surface area contributed by atoms with Gasteiger partial charge < -0.3 is 15.2 Å². The summed E-state index contributed by atoms with van der Waals surface area (Å²) < 4.78 is 1.81. The van der Waals surface area contributed by atoms with Crippen molar-refractivity contribution < 1.29 is 4.79 Å². The summed E-state index contributed by atoms with van der Waals surface area (Å²) in [6, 6.07) is 9.53. The molecule has 0 spiro atoms. The van der Waals surface area contributed by atoms with Crippen LogP contribution in [0.5, 0.6) is 0 Å². The van der Waals surface area contributed by atoms with Gasteiger partial charge in [-0.2, -0.15) is 0 Å². The molecule has 0 radical (unpaired) electrons. The maximum atomic E-state index is 12.1. The van der Waals surface area contributed by atoms with Crippen LogP contribution in [0.1, 0.15) is 5.82 Å². The Morgan fingerprint density at radius 3 is 2.65 bits per heavy atom. The van der Waals surface area contributed by atoms with E-state index < -0.39 is 0 Å². The van der Waals surface area contributed by atoms with E-state index in [2.05, 4.69) is 10.2 Å². The Morgan fingerprint density at radius 1 is 1.35 bits per heavy atom. The fourth-order valence-electron chi connectivity index (χ4n) is 1.67. The smallest absolute Gasteiger partial charge is 0.237 e. The van der Waals surface area contributed by atoms with Crippen LogP contribution in [0.3, 0.4) is 0 Å². The van der Waals surface area contributed by atoms with E-state index in [9.17, 15) is 4.79 Å². The molecule has 0 atom stereocenters. The summed E-state index contributed by atoms with van der Waals surface area (Å²) in [4.78, 5) is 13.8. The Morgan fingerprint density at radius 2 is 2.05 bits per heavy atom. The number of hydrogen-bond acceptors (Lipinski definition) is 5. The summed E-state index contributed by atoms with van der Waals surface area (Å²) in [7, 11) is 3.61. The average molecular weight is 291 g/mol. The lowest BCUT2D eigenvalue weighted by molar-refractivity contribution is -0.115. The number of para-hydroxylation sites is 1. The second-order valence-corrected chi connectivity index (χ2v) is 5.18. The maximum absolute atomic E-state index is 12.1. The van der Waals surface area contributed by atoms with Crippen molar-refractivity contribution in [1.82, 2.24) is 14.8 Å². The third-order valence-corrected chi connectivity index (χ3v) is 3.95. The van der Waals surface area contributed by atoms with Crippen molar-refractivity contribution in [2.75, 3.05) is 17.7 Å². The van der Waals surface area contributed by atoms with Crippen LogP contribution in [0.25, 0.3) is 0 Å². The largest absolute Gasteiger partial charge is 0.324 e. The van der Waals surface area contributed by atoms with Crippen LogP contribution in [0, 0.1) is 0 Å². The van der Waals surface area contributed by atoms with Gasteiger partial charge in [-0.1, -0.05) is 30.0 Å². The van der Waals surface area contributed by atoms with E-state index in [4.69, 9.17) is 5.73 Å². The standard InChI is InChI=1S/C13H17N5OS/c1-17(10-6-4-3-5-7-10)12(19)9-20-13-16-15-11(8-14)18(13)2/h3-7H,8-9,14H2,1-2H3. The average Bonchev–Trinajstić information content (AvgIpc) is 2.85. The van der Waals surface area contributed by atoms with E-state index >= 15 is 0 Å². The lowest BCUT2D eigenvalue weighted by Crippen LogP contribution is -2.27. The molecule has 2 aromatic rings. The highest BCUT2D eigenvalue weighted by Gasteiger charge is 2.14. The van der Waals surface area contributed by atoms with Gasteiger partial charge in [0.05, 0.1) is 12.3 Å². The molecule has 1 heterocycles. The Kier molecular flexibility index (Phi) is 4.75. The first-order valence-electron chi connectivity index (χ1n) is 6.16. The summed E-state index contributed by atoms with van der Waals surface area (Å²) in [6.45, 7) is 0.335. The number of nitrogens with two attached hydrogens (primary N) is 1. The van der Waals surface area contributed by atoms with Crippen molar-refractivity contribution in [1.29, 1.82) is 0 Å². The zero-order valence-corrected chi connectivity index (χ0v) is 12.3. The summed E-state index contributed by atoms with van der Waals surface area (Å²) in [6.07, 6.45) is 0. The van der Waals surface area contributed by atoms with Crippen molar-refractivity contribution in [3.8, 4) is 0 Å². The summed E-state index contributed by atoms with van der Waals surface area (Å²) in [5.74, 6) is 1.02. The van der Waals surface area contributed by atoms with Crippen LogP contribution >= 0.6 is 11.8 Å². The van der Waals surface area contributed by atoms with Crippen molar-refractivity contribution in [2.45, 2.75) is 11.7 Å². The normalized spacial score (nSPS) is 10.6. The van der Waals surface area contributed by atoms with Crippen LogP contribution in [0.15, 0.2) is 35.5 Å². The Balaban J connectivity index is 1.97. The van der Waals surface area contributed by atoms with Crippen LogP contribution in [-0.2, 0) is 18.4 Å². The Hall–Kier alpha value is -1.86. The van der Waals surface area contributed by atoms with Gasteiger partial charge >= 0.3 is 0 Å². The first kappa shape index (κ1) is 14.5. The Labute approximate surface area is 122 Å². The van der Waals surface area contributed by atoms with Gasteiger partial charge in [-0.05, 0) is 12.1 Å². The lowest BCUT2D eigenvalue weighted by atomic mass is 10.3. The van der Waals surface area contributed by atoms with Crippen LogP contribution in [0.4, 0.5) is 5.69 Å². The predicted molar refractivity (Wildman–Crippen MR) is 79.5 cm³/mol. The maximum Gasteiger partial charge on any atom is 0.237 e. The zero-order valence-electron chi connectivity index (χ0n) is 11.5. The highest BCUT2D eigenvalue weighted by atomic mass is 32.2. The molecule has 7 heteroatoms. The molecule has 0 aliphatic carbocycles. The number of carbonyl (C=O) groups excluding carboxylic acids is 1. The monoisotopic (exact) mass is 291 g/mol. The van der Waals surface area contributed by atoms with E-state index in [1.807, 2.05) is 37.4 Å². The molecule has 0 unspecified atom stereocenters. The molecule has 0 bridgehead atoms. The second-order valence-electron chi connectivity index (χ2n) is 4.24. The van der Waals surface area contributed by atoms with E-state index in [1.54, 1.807) is 16.5 Å². The molecular weight excluding hydrogens is 274 g/mol. The van der Waals surface area contributed by atoms with Crippen molar-refractivity contribution in [3.05, 3.63) is 36.2 Å². The molecule has 0 aliphatic heterocycles. The molecule has 1 aromatic heterocycles. The number of benzene rings is 1. The van der Waals surface area contributed by atoms with E-state index in [0.717, 1.165) is 5.69 Å². The highest BCUT2D eigenvalue weighted by molar-refractivity contribution is 7.99. The molecule has 106 valence electrons. The molecule has 1 amide bonds. The van der Waals surface area contributed by atoms with E-state index in [-0.39, 0.29) is 5.91 Å². The predicted octanol–water partition coefficient (Wildman–Crippen LogP) is 1.03. The molecule has 0 aliphatic rings. The highest BCUT2D eigenvalue weighted by Crippen LogP contribution is 2.18. The van der Waals surface area contributed by atoms with Gasteiger partial charge in [-0.25, -0.2) is 0 Å². The van der Waals surface area contributed by atoms with E-state index in [0.29, 0.717) is 23.3 Å². The number of aromatic nitrogens is 3. The number of thioether (sulfide) groups is 1. The summed E-state index contributed by atoms with van der Waals surface area (Å²) >= 11 is 1.36. The minimum atomic E-state index is 0.0125. The Bertz CT molecular complexity index is 584. The minimum absolute atomic E-state index is 0.0125. The SMILES string of the molecule is CN(C(=O)CSc1nnc(CN)n1C)c1ccccc1. The van der Waals surface area contributed by atoms with Gasteiger partial charge in [0, 0.05) is 19.8 Å². The van der Waals surface area contributed by atoms with Gasteiger partial charge in [0.25, 0.3) is 0 Å². The van der Waals surface area contributed by atoms with Crippen molar-refractivity contribution >= 4 is 23.4 Å². The van der Waals surface area contributed by atoms with Gasteiger partial charge in [-0.15, -0.1) is 10.2 Å². The molecule has 6 nitrogen and oxygen atoms in total. The first-order valence-corrected chi connectivity index (χ1v) is 7.14. The number of rotatable bonds is 5. The van der Waals surface area contributed by atoms with Gasteiger partial charge in [0.2, 0.25) is 5.91 Å². The minimum Gasteiger partial charge on any atom is -0.324 e. The molecular formula is C13H17N5OS. The molecule has 0 saturated carbocycles. The molecule has 20 heavy (non-hydrogen) atoms. The third-order valence-electron chi connectivity index (χ3n) is 2.95. The topological polar surface area (TPSA) is 77.0 Å². The van der Waals surface area contributed by atoms with Gasteiger partial charge in [-0.3, -0.25) is 4.79 Å². The molecule has 2 N–H and O–H groups in total. The molecule has 2 rings (SSSR count). The van der Waals surface area contributed by atoms with Crippen LogP contribution in [0.2, 0.25) is 0 Å². The number of anilines is 1. The summed E-state index contributed by atoms with van der Waals surface area (Å²) in [5, 5.41) is 8.67. The lowest BCUT2D eigenvalue weighted by Gasteiger charge is -2.16. The zero-order chi connectivity index (χ0) is 14.5. The molecule has 0 saturated heterocycles. The van der Waals surface area contributed by atoms with Crippen LogP contribution < -0.4 is 10.6 Å². The van der Waals surface area contributed by atoms with Gasteiger partial charge in [0.15, 0.2) is 5.16 Å². The first-order chi connectivity index (χ1) is 9.63. The second kappa shape index (κ2) is 6.53. The number of amides is 1. The fourth-order valence-corrected chi connectivity index (χ4v) is 2.51. The number of carbonyl (C=O) groups is 1. The van der Waals surface area contributed by atoms with Gasteiger partial charge in [0.1, 0.15) is 5.82 Å². The molecule has 1 aromatic carbocycles. The fraction of sp³-hybridized carbons (Fsp3) is 0.308. The molecule has 0 fully saturated rings. The van der Waals surface area contributed by atoms with Crippen molar-refractivity contribution in [3.63, 3.8) is 0 Å². The van der Waals surface area contributed by atoms with E-state index in [1.165, 1.54) is 11.8 Å². The number of hydrogen-bond donors (Lipinski definition) is 1.